The Bertz CT molecular complexity index is 1530. The van der Waals surface area contributed by atoms with Crippen LogP contribution in [0.2, 0.25) is 0 Å². The number of nitrogens with two attached hydrogens (primary N) is 1. The molecule has 2 aromatic heterocycles. The van der Waals surface area contributed by atoms with Crippen LogP contribution in [0.25, 0.3) is 0 Å². The third kappa shape index (κ3) is 5.44. The highest BCUT2D eigenvalue weighted by Crippen LogP contribution is 2.22. The van der Waals surface area contributed by atoms with Crippen molar-refractivity contribution in [2.24, 2.45) is 10.7 Å². The highest BCUT2D eigenvalue weighted by Gasteiger charge is 2.09. The van der Waals surface area contributed by atoms with Crippen LogP contribution in [0.3, 0.4) is 0 Å². The summed E-state index contributed by atoms with van der Waals surface area (Å²) in [7, 11) is 0. The Morgan fingerprint density at radius 3 is 2.34 bits per heavy atom. The molecule has 10 heteroatoms. The van der Waals surface area contributed by atoms with Gasteiger partial charge >= 0.3 is 11.4 Å². The van der Waals surface area contributed by atoms with Gasteiger partial charge in [0.15, 0.2) is 0 Å². The summed E-state index contributed by atoms with van der Waals surface area (Å²) in [5.74, 6) is 0.216. The van der Waals surface area contributed by atoms with Gasteiger partial charge in [0, 0.05) is 18.8 Å². The number of amides is 1. The number of carbonyl (C=O) groups is 1. The van der Waals surface area contributed by atoms with Crippen molar-refractivity contribution in [2.75, 3.05) is 0 Å². The molecule has 4 rings (SSSR count). The van der Waals surface area contributed by atoms with Gasteiger partial charge in [0.2, 0.25) is 17.4 Å². The lowest BCUT2D eigenvalue weighted by molar-refractivity contribution is 0.1000. The van der Waals surface area contributed by atoms with Gasteiger partial charge < -0.3 is 10.5 Å². The summed E-state index contributed by atoms with van der Waals surface area (Å²) in [6, 6.07) is 17.6. The predicted molar refractivity (Wildman–Crippen MR) is 130 cm³/mol. The van der Waals surface area contributed by atoms with E-state index in [0.717, 1.165) is 15.7 Å². The molecule has 10 nitrogen and oxygen atoms in total. The fourth-order valence-electron chi connectivity index (χ4n) is 3.36. The van der Waals surface area contributed by atoms with Crippen LogP contribution in [0.5, 0.6) is 11.6 Å². The predicted octanol–water partition coefficient (Wildman–Crippen LogP) is 2.23. The van der Waals surface area contributed by atoms with Gasteiger partial charge in [-0.3, -0.25) is 14.3 Å². The second-order valence-electron chi connectivity index (χ2n) is 7.81. The normalized spacial score (nSPS) is 11.4. The molecule has 0 unspecified atom stereocenters. The number of aromatic amines is 1. The molecule has 0 fully saturated rings. The Morgan fingerprint density at radius 2 is 1.74 bits per heavy atom. The van der Waals surface area contributed by atoms with Crippen LogP contribution in [0, 0.1) is 6.92 Å². The molecule has 178 valence electrons. The van der Waals surface area contributed by atoms with E-state index in [0.29, 0.717) is 17.3 Å². The van der Waals surface area contributed by atoms with Crippen molar-refractivity contribution < 1.29 is 9.53 Å². The molecule has 35 heavy (non-hydrogen) atoms. The number of benzene rings is 2. The van der Waals surface area contributed by atoms with Crippen LogP contribution in [-0.2, 0) is 13.1 Å². The van der Waals surface area contributed by atoms with Gasteiger partial charge in [-0.2, -0.15) is 0 Å². The average molecular weight is 473 g/mol. The van der Waals surface area contributed by atoms with Crippen molar-refractivity contribution >= 4 is 11.6 Å². The molecule has 0 saturated heterocycles. The van der Waals surface area contributed by atoms with E-state index in [-0.39, 0.29) is 24.3 Å². The number of nitrogens with zero attached hydrogens (tertiary/aromatic N) is 4. The van der Waals surface area contributed by atoms with Crippen molar-refractivity contribution in [2.45, 2.75) is 26.9 Å². The third-order valence-electron chi connectivity index (χ3n) is 5.27. The molecule has 0 atom stereocenters. The molecule has 2 heterocycles. The number of H-pyrrole nitrogens is 1. The topological polar surface area (TPSA) is 137 Å². The van der Waals surface area contributed by atoms with Crippen LogP contribution in [-0.4, -0.2) is 25.0 Å². The number of hydrogen-bond donors (Lipinski definition) is 2. The molecule has 0 bridgehead atoms. The molecule has 2 aromatic carbocycles. The zero-order chi connectivity index (χ0) is 24.9. The Hall–Kier alpha value is -4.73. The summed E-state index contributed by atoms with van der Waals surface area (Å²) in [5.41, 5.74) is 7.19. The number of hydrogen-bond acceptors (Lipinski definition) is 6. The number of carbonyl (C=O) groups excluding carboxylic acids is 1. The van der Waals surface area contributed by atoms with Gasteiger partial charge in [0.25, 0.3) is 0 Å². The average Bonchev–Trinajstić information content (AvgIpc) is 2.84. The number of aryl methyl sites for hydroxylation is 1. The van der Waals surface area contributed by atoms with Gasteiger partial charge in [-0.25, -0.2) is 24.1 Å². The molecule has 0 saturated carbocycles. The monoisotopic (exact) mass is 472 g/mol. The summed E-state index contributed by atoms with van der Waals surface area (Å²) in [6.07, 6.45) is 1.34. The van der Waals surface area contributed by atoms with E-state index in [1.807, 2.05) is 31.2 Å². The Labute approximate surface area is 200 Å². The molecule has 4 aromatic rings. The van der Waals surface area contributed by atoms with Crippen LogP contribution in [0.15, 0.2) is 81.4 Å². The SMILES string of the molecule is CCn1c(=O)[nH]/c(=N\c2ccc(Oc3ccc(C(N)=O)cn3)cc2)n(Cc2ccc(C)cc2)c1=O. The summed E-state index contributed by atoms with van der Waals surface area (Å²) >= 11 is 0. The zero-order valence-electron chi connectivity index (χ0n) is 19.3. The first kappa shape index (κ1) is 23.4. The molecule has 1 amide bonds. The third-order valence-corrected chi connectivity index (χ3v) is 5.27. The number of nitrogens with one attached hydrogen (secondary N) is 1. The Morgan fingerprint density at radius 1 is 1.03 bits per heavy atom. The molecule has 0 radical (unpaired) electrons. The van der Waals surface area contributed by atoms with Gasteiger partial charge in [-0.15, -0.1) is 0 Å². The first-order chi connectivity index (χ1) is 16.8. The quantitative estimate of drug-likeness (QED) is 0.425. The summed E-state index contributed by atoms with van der Waals surface area (Å²) in [6.45, 7) is 4.21. The summed E-state index contributed by atoms with van der Waals surface area (Å²) in [4.78, 5) is 47.9. The minimum Gasteiger partial charge on any atom is -0.439 e. The van der Waals surface area contributed by atoms with E-state index >= 15 is 0 Å². The van der Waals surface area contributed by atoms with Crippen molar-refractivity contribution in [3.63, 3.8) is 0 Å². The fourth-order valence-corrected chi connectivity index (χ4v) is 3.36. The highest BCUT2D eigenvalue weighted by molar-refractivity contribution is 5.92. The number of ether oxygens (including phenoxy) is 1. The van der Waals surface area contributed by atoms with Crippen molar-refractivity contribution in [3.8, 4) is 11.6 Å². The molecule has 0 aliphatic carbocycles. The second-order valence-corrected chi connectivity index (χ2v) is 7.81. The maximum atomic E-state index is 13.0. The zero-order valence-corrected chi connectivity index (χ0v) is 19.3. The fraction of sp³-hybridized carbons (Fsp3) is 0.160. The molecule has 3 N–H and O–H groups in total. The Kier molecular flexibility index (Phi) is 6.72. The molecule has 0 aliphatic rings. The molecule has 0 aliphatic heterocycles. The highest BCUT2D eigenvalue weighted by atomic mass is 16.5. The van der Waals surface area contributed by atoms with E-state index in [1.165, 1.54) is 16.8 Å². The minimum atomic E-state index is -0.570. The Balaban J connectivity index is 1.66. The number of aromatic nitrogens is 4. The number of rotatable bonds is 7. The number of pyridine rings is 1. The first-order valence-electron chi connectivity index (χ1n) is 10.9. The lowest BCUT2D eigenvalue weighted by Gasteiger charge is -2.10. The van der Waals surface area contributed by atoms with Crippen molar-refractivity contribution in [1.82, 2.24) is 19.1 Å². The largest absolute Gasteiger partial charge is 0.439 e. The lowest BCUT2D eigenvalue weighted by Crippen LogP contribution is -2.49. The van der Waals surface area contributed by atoms with Crippen molar-refractivity contribution in [1.29, 1.82) is 0 Å². The minimum absolute atomic E-state index is 0.141. The molecule has 0 spiro atoms. The maximum absolute atomic E-state index is 13.0. The van der Waals surface area contributed by atoms with Gasteiger partial charge in [-0.1, -0.05) is 29.8 Å². The number of primary amides is 1. The van der Waals surface area contributed by atoms with Crippen LogP contribution >= 0.6 is 0 Å². The van der Waals surface area contributed by atoms with E-state index in [2.05, 4.69) is 15.0 Å². The maximum Gasteiger partial charge on any atom is 0.335 e. The van der Waals surface area contributed by atoms with E-state index in [4.69, 9.17) is 10.5 Å². The van der Waals surface area contributed by atoms with Crippen LogP contribution in [0.4, 0.5) is 5.69 Å². The lowest BCUT2D eigenvalue weighted by atomic mass is 10.1. The van der Waals surface area contributed by atoms with Crippen molar-refractivity contribution in [3.05, 3.63) is 110 Å². The van der Waals surface area contributed by atoms with Crippen LogP contribution < -0.4 is 27.5 Å². The first-order valence-corrected chi connectivity index (χ1v) is 10.9. The second kappa shape index (κ2) is 10.0. The summed E-state index contributed by atoms with van der Waals surface area (Å²) < 4.78 is 8.24. The van der Waals surface area contributed by atoms with E-state index < -0.39 is 17.3 Å². The molecular formula is C25H24N6O4. The van der Waals surface area contributed by atoms with Gasteiger partial charge in [-0.05, 0) is 49.7 Å². The smallest absolute Gasteiger partial charge is 0.335 e. The van der Waals surface area contributed by atoms with E-state index in [9.17, 15) is 14.4 Å². The van der Waals surface area contributed by atoms with Gasteiger partial charge in [0.1, 0.15) is 5.75 Å². The van der Waals surface area contributed by atoms with Gasteiger partial charge in [0.05, 0.1) is 17.8 Å². The molecular weight excluding hydrogens is 448 g/mol. The van der Waals surface area contributed by atoms with E-state index in [1.54, 1.807) is 37.3 Å². The standard InChI is InChI=1S/C25H24N6O4/c1-3-30-24(33)29-23(31(25(30)34)15-17-6-4-16(2)5-7-17)28-19-9-11-20(12-10-19)35-21-13-8-18(14-27-21)22(26)32/h4-14H,3,15H2,1-2H3,(H2,26,32)(H,28,29,33). The van der Waals surface area contributed by atoms with Crippen LogP contribution in [0.1, 0.15) is 28.4 Å². The summed E-state index contributed by atoms with van der Waals surface area (Å²) in [5, 5.41) is 0.